The second-order valence-corrected chi connectivity index (χ2v) is 19.9. The summed E-state index contributed by atoms with van der Waals surface area (Å²) in [6.07, 6.45) is -4.82. The standard InChI is InChI=1S/C71H29F3N12/c1-80-54-20-40(35-75)16-48(25-54)44-6-12-65-59(29-44)60-30-45(49-17-41(36-76)21-55(26-49)81-2)7-13-66(60)85(65)69-34-64(84-5)70(33-63(69)58-11-10-53(71(72,73)74)24-52(58)39-79)86-67-14-8-46(50-18-42(37-77)22-56(27-50)82-3)31-61(67)62-32-47(9-15-68(62)86)51-19-43(38-78)23-57(28-51)83-4/h6-34H. The Balaban J connectivity index is 1.19. The Morgan fingerprint density at radius 1 is 0.326 bits per heavy atom. The zero-order chi connectivity index (χ0) is 60.1. The minimum absolute atomic E-state index is 0.0798. The van der Waals surface area contributed by atoms with E-state index in [9.17, 15) is 39.5 Å². The number of hydrogen-bond acceptors (Lipinski definition) is 5. The van der Waals surface area contributed by atoms with Gasteiger partial charge in [0.1, 0.15) is 0 Å². The van der Waals surface area contributed by atoms with Crippen LogP contribution < -0.4 is 0 Å². The summed E-state index contributed by atoms with van der Waals surface area (Å²) in [5.41, 5.74) is 8.72. The lowest BCUT2D eigenvalue weighted by atomic mass is 9.95. The Morgan fingerprint density at radius 3 is 0.977 bits per heavy atom. The number of fused-ring (bicyclic) bond motifs is 6. The largest absolute Gasteiger partial charge is 0.416 e. The van der Waals surface area contributed by atoms with Crippen LogP contribution in [0.25, 0.3) is 135 Å². The number of benzene rings is 10. The number of hydrogen-bond donors (Lipinski definition) is 0. The van der Waals surface area contributed by atoms with E-state index in [0.29, 0.717) is 93.8 Å². The molecule has 0 N–H and O–H groups in total. The highest BCUT2D eigenvalue weighted by atomic mass is 19.4. The smallest absolute Gasteiger partial charge is 0.319 e. The van der Waals surface area contributed by atoms with Gasteiger partial charge in [-0.15, -0.1) is 0 Å². The molecule has 0 bridgehead atoms. The van der Waals surface area contributed by atoms with Crippen LogP contribution in [0.5, 0.6) is 0 Å². The highest BCUT2D eigenvalue weighted by Gasteiger charge is 2.32. The molecule has 0 atom stereocenters. The summed E-state index contributed by atoms with van der Waals surface area (Å²) in [6, 6.07) is 58.2. The lowest BCUT2D eigenvalue weighted by Gasteiger charge is -2.20. The van der Waals surface area contributed by atoms with E-state index in [4.69, 9.17) is 32.9 Å². The third kappa shape index (κ3) is 9.09. The van der Waals surface area contributed by atoms with Crippen molar-refractivity contribution in [3.8, 4) is 97.4 Å². The fourth-order valence-corrected chi connectivity index (χ4v) is 11.2. The fraction of sp³-hybridized carbons (Fsp3) is 0.0141. The molecule has 0 aliphatic heterocycles. The molecule has 86 heavy (non-hydrogen) atoms. The van der Waals surface area contributed by atoms with Gasteiger partial charge in [0.05, 0.1) is 102 Å². The second kappa shape index (κ2) is 20.9. The van der Waals surface area contributed by atoms with Gasteiger partial charge in [0, 0.05) is 60.6 Å². The molecule has 0 radical (unpaired) electrons. The molecule has 0 aliphatic carbocycles. The van der Waals surface area contributed by atoms with E-state index < -0.39 is 11.7 Å². The monoisotopic (exact) mass is 1110 g/mol. The van der Waals surface area contributed by atoms with Gasteiger partial charge in [-0.3, -0.25) is 0 Å². The van der Waals surface area contributed by atoms with Crippen molar-refractivity contribution in [3.63, 3.8) is 0 Å². The molecule has 0 fully saturated rings. The summed E-state index contributed by atoms with van der Waals surface area (Å²) in [5, 5.41) is 53.2. The van der Waals surface area contributed by atoms with Crippen molar-refractivity contribution in [1.29, 1.82) is 26.3 Å². The van der Waals surface area contributed by atoms with Crippen molar-refractivity contribution in [1.82, 2.24) is 9.13 Å². The van der Waals surface area contributed by atoms with Crippen molar-refractivity contribution >= 4 is 72.0 Å². The molecule has 0 aliphatic rings. The first-order valence-electron chi connectivity index (χ1n) is 25.8. The van der Waals surface area contributed by atoms with Crippen molar-refractivity contribution in [2.24, 2.45) is 0 Å². The maximum absolute atomic E-state index is 14.6. The molecule has 10 aromatic carbocycles. The van der Waals surface area contributed by atoms with Crippen LogP contribution in [0.1, 0.15) is 33.4 Å². The van der Waals surface area contributed by atoms with E-state index in [0.717, 1.165) is 12.1 Å². The Labute approximate surface area is 488 Å². The zero-order valence-electron chi connectivity index (χ0n) is 44.2. The molecule has 12 nitrogen and oxygen atoms in total. The highest BCUT2D eigenvalue weighted by molar-refractivity contribution is 6.14. The Hall–Kier alpha value is -13.5. The van der Waals surface area contributed by atoms with E-state index in [1.165, 1.54) is 30.3 Å². The van der Waals surface area contributed by atoms with E-state index >= 15 is 0 Å². The summed E-state index contributed by atoms with van der Waals surface area (Å²) in [6.45, 7) is 40.1. The van der Waals surface area contributed by atoms with Gasteiger partial charge in [-0.1, -0.05) is 30.3 Å². The minimum atomic E-state index is -4.82. The summed E-state index contributed by atoms with van der Waals surface area (Å²) in [4.78, 5) is 18.6. The minimum Gasteiger partial charge on any atom is -0.319 e. The molecule has 12 rings (SSSR count). The van der Waals surface area contributed by atoms with Crippen LogP contribution in [-0.4, -0.2) is 9.13 Å². The van der Waals surface area contributed by atoms with Crippen molar-refractivity contribution in [2.75, 3.05) is 0 Å². The highest BCUT2D eigenvalue weighted by Crippen LogP contribution is 2.47. The van der Waals surface area contributed by atoms with Gasteiger partial charge in [0.15, 0.2) is 22.7 Å². The maximum atomic E-state index is 14.6. The number of alkyl halides is 3. The third-order valence-corrected chi connectivity index (χ3v) is 15.0. The van der Waals surface area contributed by atoms with Gasteiger partial charge < -0.3 is 9.13 Å². The van der Waals surface area contributed by atoms with Crippen LogP contribution in [0.15, 0.2) is 176 Å². The summed E-state index contributed by atoms with van der Waals surface area (Å²) in [7, 11) is 0. The van der Waals surface area contributed by atoms with E-state index in [2.05, 4.69) is 48.5 Å². The third-order valence-electron chi connectivity index (χ3n) is 15.0. The SMILES string of the molecule is [C-]#[N+]c1cc(C#N)cc(-c2ccc3c(c2)c2cc(-c4cc(C#N)cc([N+]#[C-])c4)ccc2n3-c2cc(-c3ccc(C(F)(F)F)cc3C#N)c(-n3c4ccc(-c5cc(C#N)cc([N+]#[C-])c5)cc4c4cc(-c5cc(C#N)cc([N+]#[C-])c5)ccc43)cc2[N+]#[C-])c1. The lowest BCUT2D eigenvalue weighted by Crippen LogP contribution is -2.06. The van der Waals surface area contributed by atoms with E-state index in [1.807, 2.05) is 88.0 Å². The van der Waals surface area contributed by atoms with E-state index in [-0.39, 0.29) is 73.1 Å². The molecule has 2 aromatic heterocycles. The van der Waals surface area contributed by atoms with Crippen LogP contribution in [-0.2, 0) is 6.18 Å². The van der Waals surface area contributed by atoms with Gasteiger partial charge in [-0.2, -0.15) is 39.5 Å². The van der Waals surface area contributed by atoms with Crippen LogP contribution in [0.2, 0.25) is 0 Å². The normalized spacial score (nSPS) is 10.8. The summed E-state index contributed by atoms with van der Waals surface area (Å²) >= 11 is 0. The first-order valence-corrected chi connectivity index (χ1v) is 25.8. The topological polar surface area (TPSA) is 151 Å². The quantitative estimate of drug-likeness (QED) is 0.146. The molecule has 12 aromatic rings. The molecule has 2 heterocycles. The van der Waals surface area contributed by atoms with Gasteiger partial charge in [0.2, 0.25) is 5.69 Å². The maximum Gasteiger partial charge on any atom is 0.416 e. The fourth-order valence-electron chi connectivity index (χ4n) is 11.2. The average Bonchev–Trinajstić information content (AvgIpc) is 1.68. The Kier molecular flexibility index (Phi) is 12.9. The number of nitrogens with zero attached hydrogens (tertiary/aromatic N) is 12. The number of nitriles is 5. The number of halogens is 3. The second-order valence-electron chi connectivity index (χ2n) is 19.9. The van der Waals surface area contributed by atoms with Crippen molar-refractivity contribution < 1.29 is 13.2 Å². The van der Waals surface area contributed by atoms with Gasteiger partial charge in [-0.05, 0) is 190 Å². The van der Waals surface area contributed by atoms with Crippen LogP contribution in [0.3, 0.4) is 0 Å². The van der Waals surface area contributed by atoms with Gasteiger partial charge in [-0.25, -0.2) is 24.2 Å². The molecule has 394 valence electrons. The van der Waals surface area contributed by atoms with Gasteiger partial charge in [0.25, 0.3) is 0 Å². The summed E-state index contributed by atoms with van der Waals surface area (Å²) in [5.74, 6) is 0. The molecule has 0 amide bonds. The number of aromatic nitrogens is 2. The van der Waals surface area contributed by atoms with Crippen molar-refractivity contribution in [3.05, 3.63) is 266 Å². The predicted molar refractivity (Wildman–Crippen MR) is 322 cm³/mol. The molecule has 15 heteroatoms. The number of rotatable bonds is 7. The zero-order valence-corrected chi connectivity index (χ0v) is 44.2. The average molecular weight is 1110 g/mol. The predicted octanol–water partition coefficient (Wildman–Crippen LogP) is 19.3. The van der Waals surface area contributed by atoms with Gasteiger partial charge >= 0.3 is 6.18 Å². The van der Waals surface area contributed by atoms with E-state index in [1.54, 1.807) is 60.7 Å². The molecule has 0 saturated heterocycles. The Bertz CT molecular complexity index is 5100. The van der Waals surface area contributed by atoms with Crippen LogP contribution in [0, 0.1) is 89.5 Å². The molecule has 0 saturated carbocycles. The molecule has 0 unspecified atom stereocenters. The Morgan fingerprint density at radius 2 is 0.674 bits per heavy atom. The first kappa shape index (κ1) is 53.1. The first-order chi connectivity index (χ1) is 41.7. The molecular formula is C71H29F3N12. The van der Waals surface area contributed by atoms with Crippen molar-refractivity contribution in [2.45, 2.75) is 6.18 Å². The molecule has 0 spiro atoms. The lowest BCUT2D eigenvalue weighted by molar-refractivity contribution is -0.137. The summed E-state index contributed by atoms with van der Waals surface area (Å²) < 4.78 is 47.4. The van der Waals surface area contributed by atoms with Crippen LogP contribution in [0.4, 0.5) is 41.6 Å². The van der Waals surface area contributed by atoms with Crippen LogP contribution >= 0.6 is 0 Å². The molecular weight excluding hydrogens is 1080 g/mol.